The maximum atomic E-state index is 11.7. The van der Waals surface area contributed by atoms with Gasteiger partial charge >= 0.3 is 0 Å². The Morgan fingerprint density at radius 2 is 1.83 bits per heavy atom. The third kappa shape index (κ3) is 2.91. The molecule has 0 spiro atoms. The molecule has 2 aromatic heterocycles. The van der Waals surface area contributed by atoms with Crippen molar-refractivity contribution in [3.63, 3.8) is 0 Å². The number of methoxy groups -OCH3 is 1. The maximum Gasteiger partial charge on any atom is 0.153 e. The molecule has 0 atom stereocenters. The van der Waals surface area contributed by atoms with Gasteiger partial charge in [0.1, 0.15) is 34.9 Å². The van der Waals surface area contributed by atoms with Crippen LogP contribution in [0.1, 0.15) is 27.2 Å². The second kappa shape index (κ2) is 6.99. The van der Waals surface area contributed by atoms with Crippen LogP contribution in [-0.4, -0.2) is 23.2 Å². The first-order valence-corrected chi connectivity index (χ1v) is 8.66. The Labute approximate surface area is 166 Å². The van der Waals surface area contributed by atoms with E-state index in [2.05, 4.69) is 5.10 Å². The van der Waals surface area contributed by atoms with Crippen molar-refractivity contribution in [1.82, 2.24) is 9.78 Å². The maximum absolute atomic E-state index is 11.7. The summed E-state index contributed by atoms with van der Waals surface area (Å²) in [4.78, 5) is 11.7. The van der Waals surface area contributed by atoms with E-state index in [1.807, 2.05) is 24.3 Å². The summed E-state index contributed by atoms with van der Waals surface area (Å²) in [5.41, 5.74) is 3.15. The summed E-state index contributed by atoms with van der Waals surface area (Å²) >= 11 is 0. The summed E-state index contributed by atoms with van der Waals surface area (Å²) in [6.07, 6.45) is 2.37. The lowest BCUT2D eigenvalue weighted by Gasteiger charge is -2.03. The summed E-state index contributed by atoms with van der Waals surface area (Å²) in [7, 11) is 1.59. The number of hydrogen-bond acceptors (Lipinski definition) is 6. The lowest BCUT2D eigenvalue weighted by atomic mass is 10.0. The van der Waals surface area contributed by atoms with Gasteiger partial charge in [-0.3, -0.25) is 4.79 Å². The number of rotatable bonds is 4. The summed E-state index contributed by atoms with van der Waals surface area (Å²) in [6, 6.07) is 14.4. The van der Waals surface area contributed by atoms with Gasteiger partial charge in [0.2, 0.25) is 0 Å². The molecule has 0 bridgehead atoms. The molecule has 0 saturated heterocycles. The standard InChI is InChI=1S/C22H14N4O3/c1-13-21(19-7-14(9-23)15(10-24)8-20(19)29-13)22-16(12-27)11-26(25-22)17-3-5-18(28-2)6-4-17/h3-8,11-12H,1-2H3. The van der Waals surface area contributed by atoms with Crippen molar-refractivity contribution in [3.05, 3.63) is 65.0 Å². The number of fused-ring (bicyclic) bond motifs is 1. The predicted molar refractivity (Wildman–Crippen MR) is 105 cm³/mol. The Kier molecular flexibility index (Phi) is 4.34. The quantitative estimate of drug-likeness (QED) is 0.491. The highest BCUT2D eigenvalue weighted by atomic mass is 16.5. The van der Waals surface area contributed by atoms with Gasteiger partial charge in [0.25, 0.3) is 0 Å². The summed E-state index contributed by atoms with van der Waals surface area (Å²) < 4.78 is 12.6. The molecule has 0 aliphatic carbocycles. The molecule has 0 fully saturated rings. The third-order valence-corrected chi connectivity index (χ3v) is 4.69. The number of aromatic nitrogens is 2. The highest BCUT2D eigenvalue weighted by molar-refractivity contribution is 6.00. The molecule has 0 aliphatic heterocycles. The molecule has 0 aliphatic rings. The first-order valence-electron chi connectivity index (χ1n) is 8.66. The molecule has 0 unspecified atom stereocenters. The molecule has 2 heterocycles. The van der Waals surface area contributed by atoms with Gasteiger partial charge in [0.05, 0.1) is 35.1 Å². The minimum Gasteiger partial charge on any atom is -0.497 e. The van der Waals surface area contributed by atoms with Gasteiger partial charge in [0.15, 0.2) is 6.29 Å². The topological polar surface area (TPSA) is 105 Å². The molecular weight excluding hydrogens is 368 g/mol. The summed E-state index contributed by atoms with van der Waals surface area (Å²) in [6.45, 7) is 1.76. The molecule has 4 rings (SSSR count). The number of carbonyl (C=O) groups is 1. The van der Waals surface area contributed by atoms with E-state index in [0.717, 1.165) is 12.0 Å². The van der Waals surface area contributed by atoms with Crippen LogP contribution in [-0.2, 0) is 0 Å². The fraction of sp³-hybridized carbons (Fsp3) is 0.0909. The van der Waals surface area contributed by atoms with Crippen LogP contribution < -0.4 is 4.74 Å². The van der Waals surface area contributed by atoms with Crippen LogP contribution in [0.3, 0.4) is 0 Å². The Morgan fingerprint density at radius 1 is 1.14 bits per heavy atom. The minimum absolute atomic E-state index is 0.236. The number of aryl methyl sites for hydroxylation is 1. The van der Waals surface area contributed by atoms with Crippen molar-refractivity contribution in [1.29, 1.82) is 10.5 Å². The van der Waals surface area contributed by atoms with Crippen molar-refractivity contribution in [2.45, 2.75) is 6.92 Å². The number of benzene rings is 2. The van der Waals surface area contributed by atoms with E-state index in [1.54, 1.807) is 43.1 Å². The largest absolute Gasteiger partial charge is 0.497 e. The van der Waals surface area contributed by atoms with Crippen molar-refractivity contribution in [3.8, 4) is 34.8 Å². The molecule has 0 radical (unpaired) electrons. The molecule has 0 amide bonds. The molecule has 0 N–H and O–H groups in total. The summed E-state index contributed by atoms with van der Waals surface area (Å²) in [5, 5.41) is 23.8. The lowest BCUT2D eigenvalue weighted by Crippen LogP contribution is -1.95. The van der Waals surface area contributed by atoms with E-state index in [0.29, 0.717) is 39.3 Å². The molecule has 7 heteroatoms. The average Bonchev–Trinajstić information content (AvgIpc) is 3.31. The lowest BCUT2D eigenvalue weighted by molar-refractivity contribution is 0.112. The van der Waals surface area contributed by atoms with Gasteiger partial charge in [0, 0.05) is 17.6 Å². The number of hydrogen-bond donors (Lipinski definition) is 0. The number of nitriles is 2. The number of nitrogens with zero attached hydrogens (tertiary/aromatic N) is 4. The average molecular weight is 382 g/mol. The zero-order valence-corrected chi connectivity index (χ0v) is 15.6. The molecule has 29 heavy (non-hydrogen) atoms. The smallest absolute Gasteiger partial charge is 0.153 e. The van der Waals surface area contributed by atoms with E-state index in [9.17, 15) is 15.3 Å². The molecule has 140 valence electrons. The Morgan fingerprint density at radius 3 is 2.45 bits per heavy atom. The van der Waals surface area contributed by atoms with Gasteiger partial charge in [-0.15, -0.1) is 0 Å². The fourth-order valence-electron chi connectivity index (χ4n) is 3.28. The number of aldehydes is 1. The van der Waals surface area contributed by atoms with Gasteiger partial charge in [-0.1, -0.05) is 0 Å². The minimum atomic E-state index is 0.236. The van der Waals surface area contributed by atoms with Crippen LogP contribution in [0.4, 0.5) is 0 Å². The van der Waals surface area contributed by atoms with Crippen molar-refractivity contribution >= 4 is 17.3 Å². The van der Waals surface area contributed by atoms with Crippen LogP contribution in [0.25, 0.3) is 27.9 Å². The fourth-order valence-corrected chi connectivity index (χ4v) is 3.28. The Hall–Kier alpha value is -4.36. The number of ether oxygens (including phenoxy) is 1. The second-order valence-electron chi connectivity index (χ2n) is 6.34. The van der Waals surface area contributed by atoms with E-state index in [1.165, 1.54) is 6.07 Å². The summed E-state index contributed by atoms with van der Waals surface area (Å²) in [5.74, 6) is 1.26. The van der Waals surface area contributed by atoms with Gasteiger partial charge in [-0.05, 0) is 37.3 Å². The second-order valence-corrected chi connectivity index (χ2v) is 6.34. The molecule has 0 saturated carbocycles. The molecular formula is C22H14N4O3. The normalized spacial score (nSPS) is 10.5. The van der Waals surface area contributed by atoms with Gasteiger partial charge in [-0.2, -0.15) is 15.6 Å². The highest BCUT2D eigenvalue weighted by Gasteiger charge is 2.21. The van der Waals surface area contributed by atoms with Crippen molar-refractivity contribution in [2.24, 2.45) is 0 Å². The third-order valence-electron chi connectivity index (χ3n) is 4.69. The predicted octanol–water partition coefficient (Wildman–Crippen LogP) is 4.16. The SMILES string of the molecule is COc1ccc(-n2cc(C=O)c(-c3c(C)oc4cc(C#N)c(C#N)cc34)n2)cc1. The van der Waals surface area contributed by atoms with Crippen molar-refractivity contribution in [2.75, 3.05) is 7.11 Å². The zero-order valence-electron chi connectivity index (χ0n) is 15.6. The van der Waals surface area contributed by atoms with Gasteiger partial charge < -0.3 is 9.15 Å². The highest BCUT2D eigenvalue weighted by Crippen LogP contribution is 2.36. The van der Waals surface area contributed by atoms with E-state index >= 15 is 0 Å². The Bertz CT molecular complexity index is 1330. The van der Waals surface area contributed by atoms with Crippen LogP contribution in [0.2, 0.25) is 0 Å². The van der Waals surface area contributed by atoms with Crippen LogP contribution in [0.15, 0.2) is 47.0 Å². The number of furan rings is 1. The van der Waals surface area contributed by atoms with E-state index in [4.69, 9.17) is 9.15 Å². The molecule has 4 aromatic rings. The van der Waals surface area contributed by atoms with Crippen LogP contribution in [0.5, 0.6) is 5.75 Å². The van der Waals surface area contributed by atoms with Crippen LogP contribution in [0, 0.1) is 29.6 Å². The number of carbonyl (C=O) groups excluding carboxylic acids is 1. The van der Waals surface area contributed by atoms with Crippen molar-refractivity contribution < 1.29 is 13.9 Å². The molecule has 7 nitrogen and oxygen atoms in total. The van der Waals surface area contributed by atoms with Gasteiger partial charge in [-0.25, -0.2) is 4.68 Å². The van der Waals surface area contributed by atoms with Crippen LogP contribution >= 0.6 is 0 Å². The van der Waals surface area contributed by atoms with E-state index < -0.39 is 0 Å². The zero-order chi connectivity index (χ0) is 20.5. The monoisotopic (exact) mass is 382 g/mol. The first-order chi connectivity index (χ1) is 14.1. The molecule has 2 aromatic carbocycles. The Balaban J connectivity index is 1.93. The van der Waals surface area contributed by atoms with E-state index in [-0.39, 0.29) is 11.1 Å². The first kappa shape index (κ1) is 18.0.